The van der Waals surface area contributed by atoms with Crippen molar-refractivity contribution < 1.29 is 0 Å². The van der Waals surface area contributed by atoms with Gasteiger partial charge in [-0.05, 0) is 50.9 Å². The molecule has 16 heavy (non-hydrogen) atoms. The molecule has 1 heteroatoms. The summed E-state index contributed by atoms with van der Waals surface area (Å²) in [5.74, 6) is 0. The highest BCUT2D eigenvalue weighted by Gasteiger charge is 2.09. The molecule has 0 aromatic rings. The number of unbranched alkanes of at least 4 members (excludes halogenated alkanes) is 1. The third-order valence-corrected chi connectivity index (χ3v) is 2.90. The predicted octanol–water partition coefficient (Wildman–Crippen LogP) is 3.72. The number of allylic oxidation sites excluding steroid dienone is 6. The van der Waals surface area contributed by atoms with Crippen molar-refractivity contribution in [2.75, 3.05) is 19.6 Å². The van der Waals surface area contributed by atoms with E-state index in [4.69, 9.17) is 0 Å². The highest BCUT2D eigenvalue weighted by molar-refractivity contribution is 5.31. The van der Waals surface area contributed by atoms with Gasteiger partial charge in [0.05, 0.1) is 0 Å². The predicted molar refractivity (Wildman–Crippen MR) is 72.5 cm³/mol. The van der Waals surface area contributed by atoms with Crippen LogP contribution in [0.2, 0.25) is 0 Å². The highest BCUT2D eigenvalue weighted by Crippen LogP contribution is 2.08. The average Bonchev–Trinajstić information content (AvgIpc) is 2.80. The molecule has 0 bridgehead atoms. The van der Waals surface area contributed by atoms with Crippen LogP contribution in [0.3, 0.4) is 0 Å². The van der Waals surface area contributed by atoms with Gasteiger partial charge in [0.2, 0.25) is 0 Å². The topological polar surface area (TPSA) is 3.24 Å². The minimum atomic E-state index is 1.14. The Balaban J connectivity index is 2.13. The van der Waals surface area contributed by atoms with Crippen LogP contribution in [0.4, 0.5) is 0 Å². The maximum Gasteiger partial charge on any atom is -0.00158 e. The number of rotatable bonds is 7. The zero-order chi connectivity index (χ0) is 11.6. The van der Waals surface area contributed by atoms with Crippen LogP contribution in [0.1, 0.15) is 25.7 Å². The van der Waals surface area contributed by atoms with Crippen LogP contribution in [-0.4, -0.2) is 24.5 Å². The fraction of sp³-hybridized carbons (Fsp3) is 0.467. The molecular formula is C15H23N. The van der Waals surface area contributed by atoms with Crippen molar-refractivity contribution in [2.45, 2.75) is 25.7 Å². The quantitative estimate of drug-likeness (QED) is 0.464. The molecule has 0 saturated carbocycles. The fourth-order valence-corrected chi connectivity index (χ4v) is 1.99. The molecule has 1 rings (SSSR count). The fourth-order valence-electron chi connectivity index (χ4n) is 1.99. The molecule has 0 unspecified atom stereocenters. The first kappa shape index (κ1) is 13.0. The zero-order valence-electron chi connectivity index (χ0n) is 10.2. The molecule has 1 fully saturated rings. The zero-order valence-corrected chi connectivity index (χ0v) is 10.2. The third-order valence-electron chi connectivity index (χ3n) is 2.90. The maximum atomic E-state index is 3.77. The molecule has 1 heterocycles. The van der Waals surface area contributed by atoms with Gasteiger partial charge in [-0.25, -0.2) is 0 Å². The Labute approximate surface area is 99.8 Å². The third kappa shape index (κ3) is 5.13. The van der Waals surface area contributed by atoms with Crippen LogP contribution in [-0.2, 0) is 0 Å². The molecule has 0 N–H and O–H groups in total. The minimum absolute atomic E-state index is 1.14. The Morgan fingerprint density at radius 2 is 1.94 bits per heavy atom. The van der Waals surface area contributed by atoms with Gasteiger partial charge in [0.15, 0.2) is 0 Å². The molecule has 1 saturated heterocycles. The summed E-state index contributed by atoms with van der Waals surface area (Å²) in [5, 5.41) is 0. The summed E-state index contributed by atoms with van der Waals surface area (Å²) in [6.07, 6.45) is 15.2. The smallest absolute Gasteiger partial charge is 0.00158 e. The van der Waals surface area contributed by atoms with Crippen LogP contribution < -0.4 is 0 Å². The molecule has 0 radical (unpaired) electrons. The van der Waals surface area contributed by atoms with Gasteiger partial charge in [-0.15, -0.1) is 0 Å². The van der Waals surface area contributed by atoms with E-state index >= 15 is 0 Å². The second-order valence-corrected chi connectivity index (χ2v) is 4.20. The lowest BCUT2D eigenvalue weighted by Crippen LogP contribution is -2.19. The molecule has 1 nitrogen and oxygen atoms in total. The Morgan fingerprint density at radius 1 is 1.19 bits per heavy atom. The lowest BCUT2D eigenvalue weighted by Gasteiger charge is -2.12. The molecule has 0 aromatic carbocycles. The van der Waals surface area contributed by atoms with Crippen molar-refractivity contribution in [3.05, 3.63) is 49.1 Å². The first-order chi connectivity index (χ1) is 7.86. The lowest BCUT2D eigenvalue weighted by atomic mass is 10.2. The minimum Gasteiger partial charge on any atom is -0.303 e. The monoisotopic (exact) mass is 217 g/mol. The molecule has 0 spiro atoms. The van der Waals surface area contributed by atoms with E-state index in [1.54, 1.807) is 6.08 Å². The van der Waals surface area contributed by atoms with E-state index in [2.05, 4.69) is 30.2 Å². The summed E-state index contributed by atoms with van der Waals surface area (Å²) in [4.78, 5) is 2.56. The van der Waals surface area contributed by atoms with E-state index in [9.17, 15) is 0 Å². The van der Waals surface area contributed by atoms with Crippen molar-refractivity contribution in [2.24, 2.45) is 0 Å². The largest absolute Gasteiger partial charge is 0.303 e. The van der Waals surface area contributed by atoms with E-state index in [1.165, 1.54) is 38.9 Å². The number of likely N-dealkylation sites (tertiary alicyclic amines) is 1. The Bertz CT molecular complexity index is 267. The van der Waals surface area contributed by atoms with Crippen molar-refractivity contribution in [3.63, 3.8) is 0 Å². The molecular weight excluding hydrogens is 194 g/mol. The van der Waals surface area contributed by atoms with Crippen molar-refractivity contribution in [1.82, 2.24) is 4.90 Å². The molecule has 0 aromatic heterocycles. The van der Waals surface area contributed by atoms with Crippen LogP contribution in [0.15, 0.2) is 49.1 Å². The molecule has 1 aliphatic heterocycles. The van der Waals surface area contributed by atoms with Gasteiger partial charge in [0.1, 0.15) is 0 Å². The van der Waals surface area contributed by atoms with Gasteiger partial charge in [-0.2, -0.15) is 0 Å². The molecule has 0 amide bonds. The van der Waals surface area contributed by atoms with Crippen LogP contribution >= 0.6 is 0 Å². The van der Waals surface area contributed by atoms with Gasteiger partial charge in [-0.3, -0.25) is 0 Å². The van der Waals surface area contributed by atoms with Gasteiger partial charge >= 0.3 is 0 Å². The SMILES string of the molecule is C=C/C=C(C=C)/C=C/CCCN1CCCC1. The Morgan fingerprint density at radius 3 is 2.56 bits per heavy atom. The van der Waals surface area contributed by atoms with E-state index in [1.807, 2.05) is 12.2 Å². The number of nitrogens with zero attached hydrogens (tertiary/aromatic N) is 1. The van der Waals surface area contributed by atoms with E-state index in [-0.39, 0.29) is 0 Å². The van der Waals surface area contributed by atoms with E-state index < -0.39 is 0 Å². The molecule has 88 valence electrons. The first-order valence-corrected chi connectivity index (χ1v) is 6.21. The van der Waals surface area contributed by atoms with E-state index in [0.29, 0.717) is 0 Å². The van der Waals surface area contributed by atoms with Crippen molar-refractivity contribution >= 4 is 0 Å². The summed E-state index contributed by atoms with van der Waals surface area (Å²) in [7, 11) is 0. The number of hydrogen-bond acceptors (Lipinski definition) is 1. The average molecular weight is 217 g/mol. The second kappa shape index (κ2) is 8.12. The summed E-state index contributed by atoms with van der Waals surface area (Å²) < 4.78 is 0. The van der Waals surface area contributed by atoms with Gasteiger partial charge in [-0.1, -0.05) is 43.5 Å². The first-order valence-electron chi connectivity index (χ1n) is 6.21. The second-order valence-electron chi connectivity index (χ2n) is 4.20. The Hall–Kier alpha value is -1.08. The van der Waals surface area contributed by atoms with Crippen molar-refractivity contribution in [1.29, 1.82) is 0 Å². The normalized spacial score (nSPS) is 18.1. The van der Waals surface area contributed by atoms with Crippen molar-refractivity contribution in [3.8, 4) is 0 Å². The number of hydrogen-bond donors (Lipinski definition) is 0. The standard InChI is InChI=1S/C15H23N/c1-3-10-15(4-2)11-6-5-7-12-16-13-8-9-14-16/h3-4,6,10-11H,1-2,5,7-9,12-14H2/b11-6+,15-10+. The van der Waals surface area contributed by atoms with Crippen LogP contribution in [0.25, 0.3) is 0 Å². The van der Waals surface area contributed by atoms with Gasteiger partial charge in [0.25, 0.3) is 0 Å². The van der Waals surface area contributed by atoms with Gasteiger partial charge in [0, 0.05) is 0 Å². The summed E-state index contributed by atoms with van der Waals surface area (Å²) in [6.45, 7) is 11.3. The Kier molecular flexibility index (Phi) is 6.59. The van der Waals surface area contributed by atoms with Crippen LogP contribution in [0, 0.1) is 0 Å². The summed E-state index contributed by atoms with van der Waals surface area (Å²) in [6, 6.07) is 0. The molecule has 0 aliphatic carbocycles. The van der Waals surface area contributed by atoms with Gasteiger partial charge < -0.3 is 4.90 Å². The van der Waals surface area contributed by atoms with Crippen LogP contribution in [0.5, 0.6) is 0 Å². The highest BCUT2D eigenvalue weighted by atomic mass is 15.1. The van der Waals surface area contributed by atoms with E-state index in [0.717, 1.165) is 12.0 Å². The molecule has 1 aliphatic rings. The maximum absolute atomic E-state index is 3.77. The summed E-state index contributed by atoms with van der Waals surface area (Å²) in [5.41, 5.74) is 1.14. The molecule has 0 atom stereocenters. The summed E-state index contributed by atoms with van der Waals surface area (Å²) >= 11 is 0. The lowest BCUT2D eigenvalue weighted by molar-refractivity contribution is 0.335.